The molecule has 12 aromatic rings. The van der Waals surface area contributed by atoms with Gasteiger partial charge in [0.15, 0.2) is 0 Å². The first-order chi connectivity index (χ1) is 41.2. The number of carbonyl (C=O) groups excluding carboxylic acids is 1. The van der Waals surface area contributed by atoms with E-state index in [0.29, 0.717) is 6.42 Å². The average Bonchev–Trinajstić information content (AvgIpc) is 1.66. The second-order valence-electron chi connectivity index (χ2n) is 21.3. The Morgan fingerprint density at radius 3 is 1.38 bits per heavy atom. The molecule has 2 aliphatic rings. The van der Waals surface area contributed by atoms with Gasteiger partial charge in [-0.05, 0) is 161 Å². The molecule has 422 valence electrons. The number of benzene rings is 9. The van der Waals surface area contributed by atoms with Gasteiger partial charge in [0.1, 0.15) is 30.0 Å². The predicted molar refractivity (Wildman–Crippen MR) is 314 cm³/mol. The summed E-state index contributed by atoms with van der Waals surface area (Å²) >= 11 is 0. The maximum atomic E-state index is 13.3. The van der Waals surface area contributed by atoms with Crippen LogP contribution >= 0.6 is 0 Å². The number of alkyl halides is 3. The number of nitriles is 1. The number of hydrogen-bond acceptors (Lipinski definition) is 6. The molecule has 2 aliphatic carbocycles. The lowest BCUT2D eigenvalue weighted by Gasteiger charge is -2.20. The van der Waals surface area contributed by atoms with Crippen molar-refractivity contribution in [2.75, 3.05) is 6.54 Å². The fraction of sp³-hybridized carbons (Fsp3) is 0.145. The van der Waals surface area contributed by atoms with Gasteiger partial charge in [-0.1, -0.05) is 109 Å². The number of aromatic nitrogens is 6. The summed E-state index contributed by atoms with van der Waals surface area (Å²) in [6.45, 7) is 0.163. The van der Waals surface area contributed by atoms with Gasteiger partial charge in [0, 0.05) is 33.5 Å². The number of amides is 1. The Hall–Kier alpha value is -10.1. The van der Waals surface area contributed by atoms with Crippen molar-refractivity contribution in [2.45, 2.75) is 42.4 Å². The molecule has 3 heterocycles. The maximum absolute atomic E-state index is 13.3. The molecule has 0 spiro atoms. The Labute approximate surface area is 484 Å². The Bertz CT molecular complexity index is 4380. The van der Waals surface area contributed by atoms with Crippen LogP contribution in [-0.2, 0) is 15.6 Å². The molecule has 5 unspecified atom stereocenters. The van der Waals surface area contributed by atoms with Crippen molar-refractivity contribution in [1.82, 2.24) is 34.7 Å². The van der Waals surface area contributed by atoms with Crippen LogP contribution in [-0.4, -0.2) is 53.1 Å². The molecule has 1 amide bonds. The molecule has 0 radical (unpaired) electrons. The molecule has 3 aromatic heterocycles. The maximum Gasteiger partial charge on any atom is 0.397 e. The van der Waals surface area contributed by atoms with Crippen LogP contribution < -0.4 is 5.32 Å². The first-order valence-corrected chi connectivity index (χ1v) is 27.5. The second kappa shape index (κ2) is 22.9. The normalized spacial score (nSPS) is 18.1. The van der Waals surface area contributed by atoms with E-state index in [0.717, 1.165) is 84.0 Å². The van der Waals surface area contributed by atoms with Gasteiger partial charge >= 0.3 is 6.18 Å². The Kier molecular flexibility index (Phi) is 14.9. The van der Waals surface area contributed by atoms with Crippen molar-refractivity contribution in [3.63, 3.8) is 0 Å². The highest BCUT2D eigenvalue weighted by Gasteiger charge is 2.57. The fourth-order valence-electron chi connectivity index (χ4n) is 11.7. The summed E-state index contributed by atoms with van der Waals surface area (Å²) in [4.78, 5) is 11.7. The summed E-state index contributed by atoms with van der Waals surface area (Å²) in [6, 6.07) is 68.6. The molecule has 2 saturated carbocycles. The first-order valence-electron chi connectivity index (χ1n) is 27.5. The minimum absolute atomic E-state index is 0.00973. The molecular formula is C69H52F6N8O2. The van der Waals surface area contributed by atoms with E-state index in [4.69, 9.17) is 0 Å². The van der Waals surface area contributed by atoms with Crippen molar-refractivity contribution in [3.05, 3.63) is 288 Å². The third-order valence-electron chi connectivity index (χ3n) is 16.1. The quantitative estimate of drug-likeness (QED) is 0.117. The summed E-state index contributed by atoms with van der Waals surface area (Å²) in [5, 5.41) is 38.7. The Morgan fingerprint density at radius 1 is 0.529 bits per heavy atom. The van der Waals surface area contributed by atoms with E-state index in [1.165, 1.54) is 42.0 Å². The SMILES string of the molecule is N#CC1CC1(c1ccccc1)c1ccc2c(cnn2-c2ccc(F)cc2)c1.O=C(CC(F)(F)F)NCC1CC1(c1ccccc1)c1ccc2c(cnn2-c2ccc(F)cc2)c1.OC(c1ccccc1)c1ccc2c(cnn2-c2ccc(F)cc2)c1. The number of halogens is 6. The summed E-state index contributed by atoms with van der Waals surface area (Å²) in [5.41, 5.74) is 10.5. The highest BCUT2D eigenvalue weighted by molar-refractivity contribution is 5.84. The van der Waals surface area contributed by atoms with Crippen molar-refractivity contribution >= 4 is 38.6 Å². The van der Waals surface area contributed by atoms with Crippen LogP contribution in [0.4, 0.5) is 26.3 Å². The lowest BCUT2D eigenvalue weighted by atomic mass is 9.85. The number of carbonyl (C=O) groups is 1. The Morgan fingerprint density at radius 2 is 0.941 bits per heavy atom. The van der Waals surface area contributed by atoms with E-state index in [9.17, 15) is 41.5 Å². The predicted octanol–water partition coefficient (Wildman–Crippen LogP) is 14.8. The van der Waals surface area contributed by atoms with Gasteiger partial charge in [-0.25, -0.2) is 27.2 Å². The molecule has 85 heavy (non-hydrogen) atoms. The zero-order chi connectivity index (χ0) is 58.9. The minimum Gasteiger partial charge on any atom is -0.384 e. The lowest BCUT2D eigenvalue weighted by Crippen LogP contribution is -2.31. The van der Waals surface area contributed by atoms with Gasteiger partial charge in [0.2, 0.25) is 5.91 Å². The van der Waals surface area contributed by atoms with Crippen LogP contribution in [0.2, 0.25) is 0 Å². The number of hydrogen-bond donors (Lipinski definition) is 2. The van der Waals surface area contributed by atoms with E-state index < -0.39 is 30.0 Å². The van der Waals surface area contributed by atoms with Crippen LogP contribution in [0.25, 0.3) is 49.8 Å². The molecule has 16 heteroatoms. The van der Waals surface area contributed by atoms with Crippen LogP contribution in [0.5, 0.6) is 0 Å². The molecule has 0 saturated heterocycles. The first kappa shape index (κ1) is 55.4. The number of nitrogens with one attached hydrogen (secondary N) is 1. The van der Waals surface area contributed by atoms with Crippen LogP contribution in [0.15, 0.2) is 237 Å². The van der Waals surface area contributed by atoms with Gasteiger partial charge < -0.3 is 10.4 Å². The minimum atomic E-state index is -4.53. The third kappa shape index (κ3) is 11.3. The lowest BCUT2D eigenvalue weighted by molar-refractivity contribution is -0.153. The largest absolute Gasteiger partial charge is 0.397 e. The van der Waals surface area contributed by atoms with Crippen molar-refractivity contribution in [3.8, 4) is 23.1 Å². The fourth-order valence-corrected chi connectivity index (χ4v) is 11.7. The van der Waals surface area contributed by atoms with Crippen LogP contribution in [0.1, 0.15) is 58.7 Å². The monoisotopic (exact) mass is 1140 g/mol. The Balaban J connectivity index is 0.000000127. The molecule has 0 aliphatic heterocycles. The second-order valence-corrected chi connectivity index (χ2v) is 21.3. The molecular weight excluding hydrogens is 1090 g/mol. The highest BCUT2D eigenvalue weighted by Crippen LogP contribution is 2.60. The standard InChI is InChI=1S/C26H21F4N3O.C23H16FN3.C20H15FN2O/c27-21-7-9-22(10-8-21)33-23-11-6-19(12-17(23)15-32-33)25(18-4-2-1-3-5-18)13-20(25)16-31-24(34)14-26(28,29)30;24-20-7-9-21(10-8-20)27-22-11-6-18(12-16(22)15-26-27)23(13-19(23)14-25)17-4-2-1-3-5-17;21-17-7-9-18(10-8-17)23-19-11-6-15(12-16(19)13-22-23)20(24)14-4-2-1-3-5-14/h1-12,15,20H,13-14,16H2,(H,31,34);1-12,15,19H,13H2;1-13,20,24H. The van der Waals surface area contributed by atoms with Crippen LogP contribution in [0.3, 0.4) is 0 Å². The summed E-state index contributed by atoms with van der Waals surface area (Å²) in [7, 11) is 0. The van der Waals surface area contributed by atoms with Crippen molar-refractivity contribution in [1.29, 1.82) is 5.26 Å². The van der Waals surface area contributed by atoms with Crippen molar-refractivity contribution < 1.29 is 36.2 Å². The number of aliphatic hydroxyl groups is 1. The summed E-state index contributed by atoms with van der Waals surface area (Å²) in [5.74, 6) is -1.92. The van der Waals surface area contributed by atoms with E-state index in [1.807, 2.05) is 132 Å². The third-order valence-corrected chi connectivity index (χ3v) is 16.1. The molecule has 9 aromatic carbocycles. The van der Waals surface area contributed by atoms with Gasteiger partial charge in [0.25, 0.3) is 0 Å². The topological polar surface area (TPSA) is 127 Å². The van der Waals surface area contributed by atoms with Gasteiger partial charge in [-0.2, -0.15) is 33.7 Å². The average molecular weight is 1140 g/mol. The van der Waals surface area contributed by atoms with Crippen LogP contribution in [0, 0.1) is 40.6 Å². The zero-order valence-electron chi connectivity index (χ0n) is 45.3. The molecule has 5 atom stereocenters. The van der Waals surface area contributed by atoms with E-state index in [2.05, 4.69) is 50.9 Å². The van der Waals surface area contributed by atoms with Gasteiger partial charge in [-0.3, -0.25) is 4.79 Å². The summed E-state index contributed by atoms with van der Waals surface area (Å²) < 4.78 is 82.5. The number of nitrogens with zero attached hydrogens (tertiary/aromatic N) is 7. The van der Waals surface area contributed by atoms with E-state index in [-0.39, 0.29) is 41.2 Å². The highest BCUT2D eigenvalue weighted by atomic mass is 19.4. The van der Waals surface area contributed by atoms with Gasteiger partial charge in [-0.15, -0.1) is 0 Å². The van der Waals surface area contributed by atoms with E-state index in [1.54, 1.807) is 58.2 Å². The smallest absolute Gasteiger partial charge is 0.384 e. The summed E-state index contributed by atoms with van der Waals surface area (Å²) in [6.07, 6.45) is 0.177. The molecule has 2 fully saturated rings. The van der Waals surface area contributed by atoms with Crippen molar-refractivity contribution in [2.24, 2.45) is 11.8 Å². The van der Waals surface area contributed by atoms with E-state index >= 15 is 0 Å². The zero-order valence-corrected chi connectivity index (χ0v) is 45.3. The van der Waals surface area contributed by atoms with Gasteiger partial charge in [0.05, 0.1) is 64.2 Å². The molecule has 14 rings (SSSR count). The molecule has 10 nitrogen and oxygen atoms in total. The molecule has 0 bridgehead atoms. The number of rotatable bonds is 12. The molecule has 2 N–H and O–H groups in total. The number of fused-ring (bicyclic) bond motifs is 3. The number of aliphatic hydroxyl groups excluding tert-OH is 1.